The number of nitrogens with zero attached hydrogens (tertiary/aromatic N) is 6. The number of hydrogen-bond acceptors (Lipinski definition) is 9. The van der Waals surface area contributed by atoms with E-state index in [1.54, 1.807) is 57.9 Å². The molecule has 1 saturated heterocycles. The Morgan fingerprint density at radius 2 is 1.55 bits per heavy atom. The lowest BCUT2D eigenvalue weighted by atomic mass is 10.0. The number of anilines is 3. The Hall–Kier alpha value is -5.88. The molecule has 3 heterocycles. The molecule has 47 heavy (non-hydrogen) atoms. The van der Waals surface area contributed by atoms with Crippen LogP contribution >= 0.6 is 0 Å². The summed E-state index contributed by atoms with van der Waals surface area (Å²) < 4.78 is 10.6. The number of urea groups is 1. The molecule has 238 valence electrons. The molecule has 0 radical (unpaired) electrons. The highest BCUT2D eigenvalue weighted by Crippen LogP contribution is 2.32. The van der Waals surface area contributed by atoms with Gasteiger partial charge in [0.2, 0.25) is 0 Å². The van der Waals surface area contributed by atoms with Gasteiger partial charge in [-0.1, -0.05) is 6.07 Å². The predicted octanol–water partition coefficient (Wildman–Crippen LogP) is 5.85. The van der Waals surface area contributed by atoms with E-state index in [1.807, 2.05) is 48.5 Å². The molecule has 12 heteroatoms. The number of carbonyl (C=O) groups is 2. The largest absolute Gasteiger partial charge is 0.486 e. The third-order valence-corrected chi connectivity index (χ3v) is 7.55. The summed E-state index contributed by atoms with van der Waals surface area (Å²) >= 11 is 0. The summed E-state index contributed by atoms with van der Waals surface area (Å²) in [4.78, 5) is 47.1. The molecule has 2 N–H and O–H groups in total. The molecule has 5 aromatic rings. The second-order valence-corrected chi connectivity index (χ2v) is 11.0. The Balaban J connectivity index is 1.25. The molecular weight excluding hydrogens is 596 g/mol. The van der Waals surface area contributed by atoms with Crippen LogP contribution in [0.2, 0.25) is 0 Å². The van der Waals surface area contributed by atoms with Crippen LogP contribution in [0.1, 0.15) is 10.4 Å². The van der Waals surface area contributed by atoms with Crippen LogP contribution in [0.4, 0.5) is 27.7 Å². The number of fused-ring (bicyclic) bond motifs is 1. The number of aromatic nitrogens is 3. The first-order valence-electron chi connectivity index (χ1n) is 15.0. The number of aliphatic imine (C=N–C) groups is 1. The molecule has 1 fully saturated rings. The molecule has 0 bridgehead atoms. The lowest BCUT2D eigenvalue weighted by Gasteiger charge is -2.29. The third kappa shape index (κ3) is 7.34. The average Bonchev–Trinajstić information content (AvgIpc) is 3.10. The van der Waals surface area contributed by atoms with E-state index in [0.717, 1.165) is 46.5 Å². The zero-order valence-electron chi connectivity index (χ0n) is 26.3. The van der Waals surface area contributed by atoms with Crippen molar-refractivity contribution in [2.75, 3.05) is 63.0 Å². The number of nitrogens with one attached hydrogen (secondary N) is 2. The van der Waals surface area contributed by atoms with Crippen molar-refractivity contribution in [3.8, 4) is 22.5 Å². The van der Waals surface area contributed by atoms with E-state index in [4.69, 9.17) is 19.4 Å². The van der Waals surface area contributed by atoms with Gasteiger partial charge in [-0.15, -0.1) is 0 Å². The fourth-order valence-electron chi connectivity index (χ4n) is 5.16. The first-order chi connectivity index (χ1) is 22.9. The number of amides is 3. The molecule has 1 aliphatic heterocycles. The van der Waals surface area contributed by atoms with Gasteiger partial charge in [-0.05, 0) is 72.3 Å². The van der Waals surface area contributed by atoms with Gasteiger partial charge in [-0.2, -0.15) is 0 Å². The van der Waals surface area contributed by atoms with Crippen molar-refractivity contribution >= 4 is 52.1 Å². The summed E-state index contributed by atoms with van der Waals surface area (Å²) in [6.45, 7) is 2.70. The molecular formula is C35H34N8O4. The molecule has 2 aromatic heterocycles. The van der Waals surface area contributed by atoms with Crippen LogP contribution in [0.15, 0.2) is 90.2 Å². The summed E-state index contributed by atoms with van der Waals surface area (Å²) in [7, 11) is 4.93. The van der Waals surface area contributed by atoms with Crippen LogP contribution in [-0.2, 0) is 9.47 Å². The Morgan fingerprint density at radius 3 is 2.23 bits per heavy atom. The standard InChI is InChI=1S/C35H34N8O4/c1-42(2)34(44)24-6-11-28(12-7-24)39-35(45)38-27-9-4-23(5-10-27)32-40-31-19-25(26-18-29(21-36-20-26)37-22-46-3)8-13-30(31)33(41-32)43-14-16-47-17-15-43/h4-13,18-22H,14-17H2,1-3H3,(H2,38,39,45). The maximum atomic E-state index is 12.7. The van der Waals surface area contributed by atoms with Gasteiger partial charge in [-0.3, -0.25) is 9.78 Å². The van der Waals surface area contributed by atoms with Crippen LogP contribution < -0.4 is 15.5 Å². The van der Waals surface area contributed by atoms with E-state index >= 15 is 0 Å². The van der Waals surface area contributed by atoms with E-state index in [-0.39, 0.29) is 5.91 Å². The molecule has 0 saturated carbocycles. The zero-order valence-corrected chi connectivity index (χ0v) is 26.3. The summed E-state index contributed by atoms with van der Waals surface area (Å²) in [6, 6.07) is 21.8. The van der Waals surface area contributed by atoms with E-state index in [2.05, 4.69) is 25.5 Å². The molecule has 3 aromatic carbocycles. The van der Waals surface area contributed by atoms with Crippen LogP contribution in [0, 0.1) is 0 Å². The molecule has 0 spiro atoms. The van der Waals surface area contributed by atoms with Gasteiger partial charge in [-0.25, -0.2) is 19.8 Å². The normalized spacial score (nSPS) is 13.0. The van der Waals surface area contributed by atoms with Crippen LogP contribution in [-0.4, -0.2) is 85.7 Å². The highest BCUT2D eigenvalue weighted by molar-refractivity contribution is 6.01. The molecule has 3 amide bonds. The maximum absolute atomic E-state index is 12.7. The minimum atomic E-state index is -0.403. The Labute approximate surface area is 272 Å². The smallest absolute Gasteiger partial charge is 0.323 e. The van der Waals surface area contributed by atoms with Crippen molar-refractivity contribution in [2.45, 2.75) is 0 Å². The van der Waals surface area contributed by atoms with Crippen molar-refractivity contribution in [3.63, 3.8) is 0 Å². The summed E-state index contributed by atoms with van der Waals surface area (Å²) in [6.07, 6.45) is 4.84. The fourth-order valence-corrected chi connectivity index (χ4v) is 5.16. The van der Waals surface area contributed by atoms with Crippen molar-refractivity contribution in [2.24, 2.45) is 4.99 Å². The van der Waals surface area contributed by atoms with Crippen LogP contribution in [0.25, 0.3) is 33.4 Å². The maximum Gasteiger partial charge on any atom is 0.323 e. The van der Waals surface area contributed by atoms with Gasteiger partial charge in [0.15, 0.2) is 12.2 Å². The molecule has 6 rings (SSSR count). The van der Waals surface area contributed by atoms with Gasteiger partial charge in [0, 0.05) is 66.8 Å². The van der Waals surface area contributed by atoms with E-state index in [0.29, 0.717) is 41.7 Å². The number of morpholine rings is 1. The number of methoxy groups -OCH3 is 1. The molecule has 0 aliphatic carbocycles. The number of hydrogen-bond donors (Lipinski definition) is 2. The van der Waals surface area contributed by atoms with E-state index in [9.17, 15) is 9.59 Å². The Kier molecular flexibility index (Phi) is 9.30. The van der Waals surface area contributed by atoms with Crippen molar-refractivity contribution < 1.29 is 19.1 Å². The minimum Gasteiger partial charge on any atom is -0.486 e. The van der Waals surface area contributed by atoms with Crippen molar-refractivity contribution in [1.82, 2.24) is 19.9 Å². The number of pyridine rings is 1. The number of benzene rings is 3. The highest BCUT2D eigenvalue weighted by Gasteiger charge is 2.19. The SMILES string of the molecule is COC=Nc1cncc(-c2ccc3c(N4CCOCC4)nc(-c4ccc(NC(=O)Nc5ccc(C(=O)N(C)C)cc5)cc4)nc3c2)c1. The summed E-state index contributed by atoms with van der Waals surface area (Å²) in [5.41, 5.74) is 5.83. The number of rotatable bonds is 8. The second kappa shape index (κ2) is 14.0. The Morgan fingerprint density at radius 1 is 0.872 bits per heavy atom. The van der Waals surface area contributed by atoms with Crippen LogP contribution in [0.5, 0.6) is 0 Å². The quantitative estimate of drug-likeness (QED) is 0.161. The minimum absolute atomic E-state index is 0.106. The highest BCUT2D eigenvalue weighted by atomic mass is 16.5. The van der Waals surface area contributed by atoms with E-state index in [1.165, 1.54) is 11.3 Å². The van der Waals surface area contributed by atoms with E-state index < -0.39 is 6.03 Å². The monoisotopic (exact) mass is 630 g/mol. The predicted molar refractivity (Wildman–Crippen MR) is 183 cm³/mol. The first-order valence-corrected chi connectivity index (χ1v) is 15.0. The Bertz CT molecular complexity index is 1920. The zero-order chi connectivity index (χ0) is 32.8. The second-order valence-electron chi connectivity index (χ2n) is 11.0. The van der Waals surface area contributed by atoms with Gasteiger partial charge >= 0.3 is 6.03 Å². The lowest BCUT2D eigenvalue weighted by molar-refractivity contribution is 0.0827. The number of carbonyl (C=O) groups excluding carboxylic acids is 2. The third-order valence-electron chi connectivity index (χ3n) is 7.55. The molecule has 0 atom stereocenters. The molecule has 1 aliphatic rings. The van der Waals surface area contributed by atoms with Crippen molar-refractivity contribution in [1.29, 1.82) is 0 Å². The van der Waals surface area contributed by atoms with Gasteiger partial charge in [0.05, 0.1) is 37.7 Å². The lowest BCUT2D eigenvalue weighted by Crippen LogP contribution is -2.37. The molecule has 12 nitrogen and oxygen atoms in total. The number of ether oxygens (including phenoxy) is 2. The van der Waals surface area contributed by atoms with Crippen LogP contribution in [0.3, 0.4) is 0 Å². The molecule has 0 unspecified atom stereocenters. The summed E-state index contributed by atoms with van der Waals surface area (Å²) in [5, 5.41) is 6.58. The van der Waals surface area contributed by atoms with Gasteiger partial charge < -0.3 is 29.9 Å². The first kappa shape index (κ1) is 31.1. The topological polar surface area (TPSA) is 134 Å². The van der Waals surface area contributed by atoms with Gasteiger partial charge in [0.25, 0.3) is 5.91 Å². The average molecular weight is 631 g/mol. The van der Waals surface area contributed by atoms with Crippen molar-refractivity contribution in [3.05, 3.63) is 90.8 Å². The summed E-state index contributed by atoms with van der Waals surface area (Å²) in [5.74, 6) is 1.30. The fraction of sp³-hybridized carbons (Fsp3) is 0.200. The van der Waals surface area contributed by atoms with Gasteiger partial charge in [0.1, 0.15) is 5.82 Å².